The molecule has 3 fully saturated rings. The van der Waals surface area contributed by atoms with Crippen molar-refractivity contribution in [1.29, 1.82) is 0 Å². The van der Waals surface area contributed by atoms with Crippen LogP contribution in [-0.2, 0) is 4.74 Å². The molecule has 4 rings (SSSR count). The fourth-order valence-corrected chi connectivity index (χ4v) is 3.16. The maximum atomic E-state index is 12.0. The van der Waals surface area contributed by atoms with E-state index in [2.05, 4.69) is 0 Å². The quantitative estimate of drug-likeness (QED) is 0.869. The summed E-state index contributed by atoms with van der Waals surface area (Å²) < 4.78 is 5.10. The molecule has 0 aromatic heterocycles. The third kappa shape index (κ3) is 1.52. The third-order valence-electron chi connectivity index (χ3n) is 4.03. The molecular weight excluding hydrogens is 230 g/mol. The normalized spacial score (nSPS) is 33.1. The Labute approximate surface area is 106 Å². The number of benzene rings is 1. The maximum Gasteiger partial charge on any atom is 0.410 e. The van der Waals surface area contributed by atoms with Crippen LogP contribution in [0.1, 0.15) is 24.9 Å². The van der Waals surface area contributed by atoms with Gasteiger partial charge in [-0.1, -0.05) is 30.3 Å². The van der Waals surface area contributed by atoms with Crippen LogP contribution >= 0.6 is 0 Å². The average molecular weight is 247 g/mol. The van der Waals surface area contributed by atoms with E-state index < -0.39 is 6.10 Å². The standard InChI is InChI=1S/C14H17NO3/c1-2-18-14(17)15-11-8-10(13(11)16)12(15)9-6-4-3-5-7-9/h3-7,10-13,16H,2,8H2,1H3/t10-,11-,12+,13-/m0/s1. The summed E-state index contributed by atoms with van der Waals surface area (Å²) in [6.07, 6.45) is 0.162. The van der Waals surface area contributed by atoms with Crippen molar-refractivity contribution in [2.45, 2.75) is 31.5 Å². The molecule has 1 aromatic rings. The zero-order valence-corrected chi connectivity index (χ0v) is 10.3. The number of rotatable bonds is 2. The highest BCUT2D eigenvalue weighted by Gasteiger charge is 2.60. The highest BCUT2D eigenvalue weighted by molar-refractivity contribution is 5.70. The molecule has 1 aromatic carbocycles. The number of carbonyl (C=O) groups is 1. The monoisotopic (exact) mass is 247 g/mol. The van der Waals surface area contributed by atoms with Crippen molar-refractivity contribution in [2.24, 2.45) is 5.92 Å². The van der Waals surface area contributed by atoms with Gasteiger partial charge in [-0.2, -0.15) is 0 Å². The van der Waals surface area contributed by atoms with Crippen molar-refractivity contribution in [2.75, 3.05) is 6.61 Å². The molecule has 2 heterocycles. The molecule has 1 N–H and O–H groups in total. The Morgan fingerprint density at radius 3 is 2.78 bits per heavy atom. The molecule has 18 heavy (non-hydrogen) atoms. The Balaban J connectivity index is 1.90. The summed E-state index contributed by atoms with van der Waals surface area (Å²) in [6, 6.07) is 9.77. The average Bonchev–Trinajstić information content (AvgIpc) is 2.93. The minimum atomic E-state index is -0.403. The van der Waals surface area contributed by atoms with E-state index in [4.69, 9.17) is 4.74 Å². The van der Waals surface area contributed by atoms with E-state index in [0.29, 0.717) is 6.61 Å². The maximum absolute atomic E-state index is 12.0. The summed E-state index contributed by atoms with van der Waals surface area (Å²) in [5.74, 6) is 0.154. The van der Waals surface area contributed by atoms with Crippen LogP contribution in [0.2, 0.25) is 0 Å². The molecule has 96 valence electrons. The zero-order valence-electron chi connectivity index (χ0n) is 10.3. The van der Waals surface area contributed by atoms with Crippen LogP contribution in [0.15, 0.2) is 30.3 Å². The summed E-state index contributed by atoms with van der Waals surface area (Å²) in [7, 11) is 0. The van der Waals surface area contributed by atoms with E-state index in [1.54, 1.807) is 11.8 Å². The predicted molar refractivity (Wildman–Crippen MR) is 65.9 cm³/mol. The first kappa shape index (κ1) is 11.5. The lowest BCUT2D eigenvalue weighted by Gasteiger charge is -2.31. The lowest BCUT2D eigenvalue weighted by atomic mass is 9.78. The van der Waals surface area contributed by atoms with Crippen molar-refractivity contribution in [3.63, 3.8) is 0 Å². The number of aliphatic hydroxyl groups excluding tert-OH is 1. The minimum absolute atomic E-state index is 0.0368. The number of hydrogen-bond acceptors (Lipinski definition) is 3. The van der Waals surface area contributed by atoms with Gasteiger partial charge in [0.1, 0.15) is 0 Å². The van der Waals surface area contributed by atoms with Gasteiger partial charge in [-0.15, -0.1) is 0 Å². The Morgan fingerprint density at radius 2 is 2.17 bits per heavy atom. The van der Waals surface area contributed by atoms with Gasteiger partial charge in [-0.05, 0) is 18.9 Å². The minimum Gasteiger partial charge on any atom is -0.450 e. The van der Waals surface area contributed by atoms with E-state index in [1.807, 2.05) is 30.3 Å². The van der Waals surface area contributed by atoms with Crippen LogP contribution in [0.3, 0.4) is 0 Å². The molecule has 0 unspecified atom stereocenters. The number of ether oxygens (including phenoxy) is 1. The first-order chi connectivity index (χ1) is 8.74. The molecule has 1 amide bonds. The molecule has 4 atom stereocenters. The second-order valence-corrected chi connectivity index (χ2v) is 4.92. The molecule has 3 aliphatic rings. The summed E-state index contributed by atoms with van der Waals surface area (Å²) in [6.45, 7) is 2.16. The number of fused-ring (bicyclic) bond motifs is 1. The largest absolute Gasteiger partial charge is 0.450 e. The molecule has 2 saturated heterocycles. The van der Waals surface area contributed by atoms with E-state index >= 15 is 0 Å². The second-order valence-electron chi connectivity index (χ2n) is 4.92. The summed E-state index contributed by atoms with van der Waals surface area (Å²) in [4.78, 5) is 13.7. The molecule has 1 saturated carbocycles. The van der Waals surface area contributed by atoms with Gasteiger partial charge in [0.15, 0.2) is 0 Å². The van der Waals surface area contributed by atoms with Crippen LogP contribution in [0.25, 0.3) is 0 Å². The Hall–Kier alpha value is -1.55. The molecule has 0 spiro atoms. The zero-order chi connectivity index (χ0) is 12.7. The van der Waals surface area contributed by atoms with Crippen molar-refractivity contribution < 1.29 is 14.6 Å². The SMILES string of the molecule is CCOC(=O)N1[C@H](c2ccccc2)[C@@H]2C[C@H]1[C@H]2O. The van der Waals surface area contributed by atoms with Gasteiger partial charge in [0.2, 0.25) is 0 Å². The van der Waals surface area contributed by atoms with Crippen molar-refractivity contribution in [3.05, 3.63) is 35.9 Å². The van der Waals surface area contributed by atoms with E-state index in [1.165, 1.54) is 0 Å². The van der Waals surface area contributed by atoms with E-state index in [-0.39, 0.29) is 24.1 Å². The van der Waals surface area contributed by atoms with Gasteiger partial charge >= 0.3 is 6.09 Å². The van der Waals surface area contributed by atoms with Gasteiger partial charge in [0, 0.05) is 5.92 Å². The summed E-state index contributed by atoms with van der Waals surface area (Å²) in [5, 5.41) is 10.0. The second kappa shape index (κ2) is 4.28. The molecule has 2 aliphatic heterocycles. The first-order valence-corrected chi connectivity index (χ1v) is 6.42. The number of aliphatic hydroxyl groups is 1. The highest BCUT2D eigenvalue weighted by atomic mass is 16.6. The number of nitrogens with zero attached hydrogens (tertiary/aromatic N) is 1. The molecular formula is C14H17NO3. The number of amides is 1. The van der Waals surface area contributed by atoms with Crippen LogP contribution < -0.4 is 0 Å². The van der Waals surface area contributed by atoms with Gasteiger partial charge in [-0.3, -0.25) is 4.90 Å². The highest BCUT2D eigenvalue weighted by Crippen LogP contribution is 2.53. The predicted octanol–water partition coefficient (Wildman–Crippen LogP) is 1.95. The lowest BCUT2D eigenvalue weighted by Crippen LogP contribution is -2.45. The lowest BCUT2D eigenvalue weighted by molar-refractivity contribution is 0.0190. The van der Waals surface area contributed by atoms with Crippen molar-refractivity contribution in [3.8, 4) is 0 Å². The third-order valence-corrected chi connectivity index (χ3v) is 4.03. The summed E-state index contributed by atoms with van der Waals surface area (Å²) >= 11 is 0. The van der Waals surface area contributed by atoms with Gasteiger partial charge in [0.25, 0.3) is 0 Å². The number of carbonyl (C=O) groups excluding carboxylic acids is 1. The fourth-order valence-electron chi connectivity index (χ4n) is 3.16. The Bertz CT molecular complexity index is 448. The first-order valence-electron chi connectivity index (χ1n) is 6.42. The van der Waals surface area contributed by atoms with Gasteiger partial charge in [-0.25, -0.2) is 4.79 Å². The fraction of sp³-hybridized carbons (Fsp3) is 0.500. The van der Waals surface area contributed by atoms with Crippen LogP contribution in [0.5, 0.6) is 0 Å². The number of hydrogen-bond donors (Lipinski definition) is 1. The Morgan fingerprint density at radius 1 is 1.44 bits per heavy atom. The summed E-state index contributed by atoms with van der Waals surface area (Å²) in [5.41, 5.74) is 1.08. The Kier molecular flexibility index (Phi) is 2.74. The van der Waals surface area contributed by atoms with E-state index in [9.17, 15) is 9.90 Å². The van der Waals surface area contributed by atoms with Crippen LogP contribution in [0.4, 0.5) is 4.79 Å². The molecule has 4 nitrogen and oxygen atoms in total. The molecule has 1 aliphatic carbocycles. The molecule has 2 bridgehead atoms. The van der Waals surface area contributed by atoms with Crippen molar-refractivity contribution in [1.82, 2.24) is 4.90 Å². The molecule has 0 radical (unpaired) electrons. The van der Waals surface area contributed by atoms with Gasteiger partial charge < -0.3 is 9.84 Å². The van der Waals surface area contributed by atoms with Crippen LogP contribution in [0, 0.1) is 5.92 Å². The van der Waals surface area contributed by atoms with Gasteiger partial charge in [0.05, 0.1) is 24.8 Å². The smallest absolute Gasteiger partial charge is 0.410 e. The van der Waals surface area contributed by atoms with Crippen molar-refractivity contribution >= 4 is 6.09 Å². The van der Waals surface area contributed by atoms with Crippen LogP contribution in [-0.4, -0.2) is 34.9 Å². The van der Waals surface area contributed by atoms with E-state index in [0.717, 1.165) is 12.0 Å². The topological polar surface area (TPSA) is 49.8 Å². The molecule has 4 heteroatoms.